The van der Waals surface area contributed by atoms with Crippen LogP contribution < -0.4 is 5.73 Å². The Balaban J connectivity index is 1.96. The van der Waals surface area contributed by atoms with Crippen molar-refractivity contribution in [2.75, 3.05) is 6.54 Å². The lowest BCUT2D eigenvalue weighted by Gasteiger charge is -2.31. The van der Waals surface area contributed by atoms with Crippen molar-refractivity contribution >= 4 is 5.91 Å². The Morgan fingerprint density at radius 1 is 1.53 bits per heavy atom. The van der Waals surface area contributed by atoms with E-state index >= 15 is 0 Å². The number of piperidine rings is 1. The molecule has 2 rings (SSSR count). The molecule has 2 N–H and O–H groups in total. The first-order valence-electron chi connectivity index (χ1n) is 6.19. The van der Waals surface area contributed by atoms with Crippen molar-refractivity contribution in [1.29, 1.82) is 0 Å². The second-order valence-corrected chi connectivity index (χ2v) is 5.23. The number of hydrogen-bond donors (Lipinski definition) is 1. The van der Waals surface area contributed by atoms with Gasteiger partial charge in [0.05, 0.1) is 6.04 Å². The predicted octanol–water partition coefficient (Wildman–Crippen LogP) is 1.37. The zero-order valence-corrected chi connectivity index (χ0v) is 9.78. The standard InChI is InChI=1S/C12H22N2O/c1-3-8(2)11(13)12(15)14-7-9-4-5-10(14)6-9/h8-11H,3-7,13H2,1-2H3. The maximum atomic E-state index is 12.1. The maximum absolute atomic E-state index is 12.1. The molecule has 1 heterocycles. The van der Waals surface area contributed by atoms with Crippen molar-refractivity contribution in [2.24, 2.45) is 17.6 Å². The molecule has 4 atom stereocenters. The number of amides is 1. The van der Waals surface area contributed by atoms with Crippen LogP contribution in [0.2, 0.25) is 0 Å². The molecule has 2 bridgehead atoms. The summed E-state index contributed by atoms with van der Waals surface area (Å²) in [5.74, 6) is 1.26. The van der Waals surface area contributed by atoms with Crippen LogP contribution in [0.3, 0.4) is 0 Å². The molecule has 3 heteroatoms. The van der Waals surface area contributed by atoms with Crippen molar-refractivity contribution in [3.05, 3.63) is 0 Å². The number of carbonyl (C=O) groups is 1. The molecule has 0 radical (unpaired) electrons. The summed E-state index contributed by atoms with van der Waals surface area (Å²) in [4.78, 5) is 14.2. The largest absolute Gasteiger partial charge is 0.338 e. The molecule has 1 aliphatic carbocycles. The van der Waals surface area contributed by atoms with E-state index in [-0.39, 0.29) is 11.9 Å². The Bertz CT molecular complexity index is 254. The van der Waals surface area contributed by atoms with E-state index < -0.39 is 0 Å². The molecule has 1 amide bonds. The van der Waals surface area contributed by atoms with E-state index in [1.807, 2.05) is 4.90 Å². The van der Waals surface area contributed by atoms with E-state index in [4.69, 9.17) is 5.73 Å². The number of likely N-dealkylation sites (tertiary alicyclic amines) is 1. The Labute approximate surface area is 92.0 Å². The zero-order chi connectivity index (χ0) is 11.0. The minimum absolute atomic E-state index is 0.191. The maximum Gasteiger partial charge on any atom is 0.240 e. The second-order valence-electron chi connectivity index (χ2n) is 5.23. The minimum Gasteiger partial charge on any atom is -0.338 e. The van der Waals surface area contributed by atoms with Gasteiger partial charge in [0.2, 0.25) is 5.91 Å². The summed E-state index contributed by atoms with van der Waals surface area (Å²) >= 11 is 0. The lowest BCUT2D eigenvalue weighted by atomic mass is 9.98. The highest BCUT2D eigenvalue weighted by molar-refractivity contribution is 5.82. The molecule has 0 aromatic heterocycles. The van der Waals surface area contributed by atoms with E-state index in [9.17, 15) is 4.79 Å². The zero-order valence-electron chi connectivity index (χ0n) is 9.78. The van der Waals surface area contributed by atoms with Crippen LogP contribution in [0, 0.1) is 11.8 Å². The number of nitrogens with two attached hydrogens (primary N) is 1. The molecule has 2 fully saturated rings. The van der Waals surface area contributed by atoms with Gasteiger partial charge in [-0.25, -0.2) is 0 Å². The number of rotatable bonds is 3. The Hall–Kier alpha value is -0.570. The number of hydrogen-bond acceptors (Lipinski definition) is 2. The first-order valence-corrected chi connectivity index (χ1v) is 6.19. The summed E-state index contributed by atoms with van der Waals surface area (Å²) in [6, 6.07) is 0.229. The van der Waals surface area contributed by atoms with Gasteiger partial charge in [0.25, 0.3) is 0 Å². The molecule has 4 unspecified atom stereocenters. The van der Waals surface area contributed by atoms with Crippen LogP contribution in [-0.4, -0.2) is 29.4 Å². The van der Waals surface area contributed by atoms with Crippen molar-refractivity contribution < 1.29 is 4.79 Å². The van der Waals surface area contributed by atoms with Gasteiger partial charge in [-0.1, -0.05) is 20.3 Å². The van der Waals surface area contributed by atoms with E-state index in [1.165, 1.54) is 19.3 Å². The monoisotopic (exact) mass is 210 g/mol. The molecule has 3 nitrogen and oxygen atoms in total. The highest BCUT2D eigenvalue weighted by Gasteiger charge is 2.41. The Morgan fingerprint density at radius 3 is 2.73 bits per heavy atom. The summed E-state index contributed by atoms with van der Waals surface area (Å²) in [6.45, 7) is 5.12. The minimum atomic E-state index is -0.283. The fraction of sp³-hybridized carbons (Fsp3) is 0.917. The van der Waals surface area contributed by atoms with Gasteiger partial charge in [-0.2, -0.15) is 0 Å². The number of nitrogens with zero attached hydrogens (tertiary/aromatic N) is 1. The average molecular weight is 210 g/mol. The lowest BCUT2D eigenvalue weighted by molar-refractivity contribution is -0.135. The normalized spacial score (nSPS) is 33.1. The number of carbonyl (C=O) groups excluding carboxylic acids is 1. The summed E-state index contributed by atoms with van der Waals surface area (Å²) < 4.78 is 0. The average Bonchev–Trinajstić information content (AvgIpc) is 2.87. The van der Waals surface area contributed by atoms with Crippen LogP contribution in [0.25, 0.3) is 0 Å². The number of fused-ring (bicyclic) bond motifs is 2. The van der Waals surface area contributed by atoms with Crippen molar-refractivity contribution in [1.82, 2.24) is 4.90 Å². The molecule has 1 saturated heterocycles. The lowest BCUT2D eigenvalue weighted by Crippen LogP contribution is -2.49. The molecule has 0 spiro atoms. The molecule has 86 valence electrons. The van der Waals surface area contributed by atoms with Gasteiger partial charge >= 0.3 is 0 Å². The quantitative estimate of drug-likeness (QED) is 0.764. The third-order valence-electron chi connectivity index (χ3n) is 4.23. The summed E-state index contributed by atoms with van der Waals surface area (Å²) in [7, 11) is 0. The fourth-order valence-electron chi connectivity index (χ4n) is 2.88. The Morgan fingerprint density at radius 2 is 2.27 bits per heavy atom. The van der Waals surface area contributed by atoms with E-state index in [0.29, 0.717) is 12.0 Å². The molecular weight excluding hydrogens is 188 g/mol. The third kappa shape index (κ3) is 1.89. The summed E-state index contributed by atoms with van der Waals surface area (Å²) in [5, 5.41) is 0. The van der Waals surface area contributed by atoms with E-state index in [2.05, 4.69) is 13.8 Å². The molecule has 1 aliphatic heterocycles. The van der Waals surface area contributed by atoms with Gasteiger partial charge in [-0.3, -0.25) is 4.79 Å². The molecule has 2 aliphatic rings. The van der Waals surface area contributed by atoms with Gasteiger partial charge in [-0.15, -0.1) is 0 Å². The molecule has 0 aromatic carbocycles. The van der Waals surface area contributed by atoms with Crippen LogP contribution in [0.4, 0.5) is 0 Å². The van der Waals surface area contributed by atoms with Crippen molar-refractivity contribution in [3.63, 3.8) is 0 Å². The molecular formula is C12H22N2O. The van der Waals surface area contributed by atoms with E-state index in [0.717, 1.165) is 18.9 Å². The SMILES string of the molecule is CCC(C)C(N)C(=O)N1CC2CCC1C2. The van der Waals surface area contributed by atoms with Crippen LogP contribution in [0.15, 0.2) is 0 Å². The highest BCUT2D eigenvalue weighted by Crippen LogP contribution is 2.37. The summed E-state index contributed by atoms with van der Waals surface area (Å²) in [6.07, 6.45) is 4.71. The Kier molecular flexibility index (Phi) is 3.01. The van der Waals surface area contributed by atoms with E-state index in [1.54, 1.807) is 0 Å². The topological polar surface area (TPSA) is 46.3 Å². The van der Waals surface area contributed by atoms with Crippen LogP contribution in [0.5, 0.6) is 0 Å². The van der Waals surface area contributed by atoms with Gasteiger partial charge in [0.15, 0.2) is 0 Å². The van der Waals surface area contributed by atoms with Gasteiger partial charge < -0.3 is 10.6 Å². The van der Waals surface area contributed by atoms with Gasteiger partial charge in [-0.05, 0) is 31.1 Å². The summed E-state index contributed by atoms with van der Waals surface area (Å²) in [5.41, 5.74) is 5.99. The van der Waals surface area contributed by atoms with Crippen molar-refractivity contribution in [3.8, 4) is 0 Å². The van der Waals surface area contributed by atoms with Crippen LogP contribution >= 0.6 is 0 Å². The molecule has 0 aromatic rings. The van der Waals surface area contributed by atoms with Crippen molar-refractivity contribution in [2.45, 2.75) is 51.6 Å². The smallest absolute Gasteiger partial charge is 0.240 e. The first-order chi connectivity index (χ1) is 7.13. The second kappa shape index (κ2) is 4.12. The third-order valence-corrected chi connectivity index (χ3v) is 4.23. The van der Waals surface area contributed by atoms with Crippen LogP contribution in [-0.2, 0) is 4.79 Å². The first kappa shape index (κ1) is 10.9. The molecule has 15 heavy (non-hydrogen) atoms. The van der Waals surface area contributed by atoms with Crippen LogP contribution in [0.1, 0.15) is 39.5 Å². The van der Waals surface area contributed by atoms with Gasteiger partial charge in [0, 0.05) is 12.6 Å². The van der Waals surface area contributed by atoms with Gasteiger partial charge in [0.1, 0.15) is 0 Å². The highest BCUT2D eigenvalue weighted by atomic mass is 16.2. The fourth-order valence-corrected chi connectivity index (χ4v) is 2.88. The predicted molar refractivity (Wildman–Crippen MR) is 60.3 cm³/mol. The molecule has 1 saturated carbocycles.